The fraction of sp³-hybridized carbons (Fsp3) is 0.528. The summed E-state index contributed by atoms with van der Waals surface area (Å²) in [4.78, 5) is 32.2. The first kappa shape index (κ1) is 34.2. The lowest BCUT2D eigenvalue weighted by Gasteiger charge is -2.30. The molecule has 0 radical (unpaired) electrons. The molecule has 258 valence electrons. The molecular weight excluding hydrogens is 645 g/mol. The van der Waals surface area contributed by atoms with Gasteiger partial charge in [-0.05, 0) is 83.8 Å². The summed E-state index contributed by atoms with van der Waals surface area (Å²) in [6, 6.07) is 10.8. The van der Waals surface area contributed by atoms with Gasteiger partial charge >= 0.3 is 21.6 Å². The monoisotopic (exact) mass is 686 g/mol. The van der Waals surface area contributed by atoms with Crippen molar-refractivity contribution in [2.45, 2.75) is 89.6 Å². The Morgan fingerprint density at radius 3 is 2.31 bits per heavy atom. The van der Waals surface area contributed by atoms with Crippen LogP contribution in [0.2, 0.25) is 0 Å². The third kappa shape index (κ3) is 6.52. The van der Waals surface area contributed by atoms with Gasteiger partial charge in [0.15, 0.2) is 0 Å². The summed E-state index contributed by atoms with van der Waals surface area (Å²) in [5.74, 6) is -1.16. The summed E-state index contributed by atoms with van der Waals surface area (Å²) in [6.07, 6.45) is 9.26. The molecule has 2 aliphatic heterocycles. The average molecular weight is 687 g/mol. The highest BCUT2D eigenvalue weighted by Crippen LogP contribution is 2.53. The summed E-state index contributed by atoms with van der Waals surface area (Å²) < 4.78 is 73.0. The highest BCUT2D eigenvalue weighted by molar-refractivity contribution is 7.88. The van der Waals surface area contributed by atoms with Gasteiger partial charge in [-0.1, -0.05) is 57.0 Å². The van der Waals surface area contributed by atoms with Crippen LogP contribution >= 0.6 is 0 Å². The molecule has 2 aromatic carbocycles. The second-order valence-electron chi connectivity index (χ2n) is 14.0. The van der Waals surface area contributed by atoms with E-state index in [0.29, 0.717) is 31.4 Å². The Bertz CT molecular complexity index is 1760. The molecule has 48 heavy (non-hydrogen) atoms. The predicted octanol–water partition coefficient (Wildman–Crippen LogP) is 7.25. The van der Waals surface area contributed by atoms with E-state index >= 15 is 0 Å². The van der Waals surface area contributed by atoms with Gasteiger partial charge in [-0.3, -0.25) is 14.6 Å². The number of methoxy groups -OCH3 is 1. The molecule has 2 heterocycles. The topological polar surface area (TPSA) is 102 Å². The molecule has 2 fully saturated rings. The Balaban J connectivity index is 1.19. The zero-order valence-electron chi connectivity index (χ0n) is 27.4. The molecule has 1 spiro atoms. The third-order valence-electron chi connectivity index (χ3n) is 10.6. The summed E-state index contributed by atoms with van der Waals surface area (Å²) in [7, 11) is -4.46. The molecule has 0 bridgehead atoms. The Labute approximate surface area is 279 Å². The minimum Gasteiger partial charge on any atom is -0.469 e. The molecule has 6 rings (SSSR count). The Morgan fingerprint density at radius 1 is 1.00 bits per heavy atom. The zero-order chi connectivity index (χ0) is 34.4. The number of amides is 1. The lowest BCUT2D eigenvalue weighted by atomic mass is 9.83. The maximum atomic E-state index is 13.6. The van der Waals surface area contributed by atoms with E-state index in [9.17, 15) is 31.2 Å². The van der Waals surface area contributed by atoms with Gasteiger partial charge in [0.05, 0.1) is 25.5 Å². The van der Waals surface area contributed by atoms with E-state index in [1.165, 1.54) is 13.2 Å². The predicted molar refractivity (Wildman–Crippen MR) is 176 cm³/mol. The van der Waals surface area contributed by atoms with Crippen LogP contribution in [0.25, 0.3) is 16.7 Å². The molecule has 2 atom stereocenters. The van der Waals surface area contributed by atoms with Gasteiger partial charge in [0.2, 0.25) is 5.91 Å². The number of esters is 1. The van der Waals surface area contributed by atoms with Crippen molar-refractivity contribution in [3.8, 4) is 16.9 Å². The standard InChI is InChI=1S/C36H41F3N2O6S/c1-22(2)27(18-33(42)46-3)34(43)41-16-6-7-31(41)30-17-25(21-40-30)23-8-10-24(11-9-23)26-12-13-32(47-48(44,45)36(37,38)39)29-20-35(19-28(26)29)14-4-5-15-35/h8-13,21-22,27,31H,4-7,14-20H2,1-3H3/t27-,31-/m0/s1. The van der Waals surface area contributed by atoms with Crippen LogP contribution in [-0.4, -0.2) is 56.1 Å². The number of carbonyl (C=O) groups is 2. The SMILES string of the molecule is COC(=O)C[C@H](C(=O)N1CCC[C@H]1C1=NC=C(c2ccc(-c3ccc(OS(=O)(=O)C(F)(F)F)c4c3CC3(CCCC3)C4)cc2)C1)C(C)C. The molecular formula is C36H41F3N2O6S. The van der Waals surface area contributed by atoms with Crippen LogP contribution in [0.1, 0.15) is 81.9 Å². The summed E-state index contributed by atoms with van der Waals surface area (Å²) in [5.41, 5.74) is 0.446. The summed E-state index contributed by atoms with van der Waals surface area (Å²) in [6.45, 7) is 4.50. The number of benzene rings is 2. The molecule has 1 saturated carbocycles. The van der Waals surface area contributed by atoms with E-state index in [0.717, 1.165) is 72.1 Å². The molecule has 2 aromatic rings. The number of likely N-dealkylation sites (tertiary alicyclic amines) is 1. The van der Waals surface area contributed by atoms with Crippen molar-refractivity contribution < 1.29 is 40.1 Å². The molecule has 1 amide bonds. The summed E-state index contributed by atoms with van der Waals surface area (Å²) in [5, 5.41) is 0. The van der Waals surface area contributed by atoms with Crippen molar-refractivity contribution >= 4 is 33.3 Å². The van der Waals surface area contributed by atoms with Gasteiger partial charge in [-0.15, -0.1) is 0 Å². The third-order valence-corrected chi connectivity index (χ3v) is 11.6. The lowest BCUT2D eigenvalue weighted by Crippen LogP contribution is -2.45. The largest absolute Gasteiger partial charge is 0.534 e. The van der Waals surface area contributed by atoms with Gasteiger partial charge < -0.3 is 13.8 Å². The number of aliphatic imine (C=N–C) groups is 1. The molecule has 8 nitrogen and oxygen atoms in total. The van der Waals surface area contributed by atoms with Crippen molar-refractivity contribution in [1.29, 1.82) is 0 Å². The van der Waals surface area contributed by atoms with Crippen molar-refractivity contribution in [3.63, 3.8) is 0 Å². The highest BCUT2D eigenvalue weighted by Gasteiger charge is 2.50. The number of fused-ring (bicyclic) bond motifs is 1. The van der Waals surface area contributed by atoms with E-state index in [1.54, 1.807) is 6.07 Å². The number of rotatable bonds is 9. The number of carbonyl (C=O) groups excluding carboxylic acids is 2. The van der Waals surface area contributed by atoms with Gasteiger partial charge in [-0.2, -0.15) is 21.6 Å². The van der Waals surface area contributed by atoms with Crippen LogP contribution in [0.4, 0.5) is 13.2 Å². The quantitative estimate of drug-likeness (QED) is 0.157. The van der Waals surface area contributed by atoms with Crippen LogP contribution in [0.5, 0.6) is 5.75 Å². The van der Waals surface area contributed by atoms with Gasteiger partial charge in [-0.25, -0.2) is 0 Å². The Morgan fingerprint density at radius 2 is 1.67 bits per heavy atom. The van der Waals surface area contributed by atoms with Crippen molar-refractivity contribution in [3.05, 3.63) is 59.3 Å². The number of halogens is 3. The normalized spacial score (nSPS) is 21.0. The number of hydrogen-bond acceptors (Lipinski definition) is 7. The number of ether oxygens (including phenoxy) is 1. The molecule has 0 N–H and O–H groups in total. The molecule has 12 heteroatoms. The van der Waals surface area contributed by atoms with E-state index < -0.39 is 27.5 Å². The fourth-order valence-corrected chi connectivity index (χ4v) is 8.51. The number of hydrogen-bond donors (Lipinski definition) is 0. The molecule has 0 aromatic heterocycles. The van der Waals surface area contributed by atoms with Crippen molar-refractivity contribution in [1.82, 2.24) is 4.90 Å². The molecule has 4 aliphatic rings. The van der Waals surface area contributed by atoms with Crippen LogP contribution in [-0.2, 0) is 37.3 Å². The second kappa shape index (κ2) is 13.0. The molecule has 2 aliphatic carbocycles. The minimum atomic E-state index is -5.79. The molecule has 1 saturated heterocycles. The van der Waals surface area contributed by atoms with E-state index in [2.05, 4.69) is 0 Å². The zero-order valence-corrected chi connectivity index (χ0v) is 28.3. The fourth-order valence-electron chi connectivity index (χ4n) is 8.02. The second-order valence-corrected chi connectivity index (χ2v) is 15.5. The average Bonchev–Trinajstić information content (AvgIpc) is 3.86. The van der Waals surface area contributed by atoms with Crippen LogP contribution < -0.4 is 4.18 Å². The van der Waals surface area contributed by atoms with Gasteiger partial charge in [0.25, 0.3) is 0 Å². The highest BCUT2D eigenvalue weighted by atomic mass is 32.2. The van der Waals surface area contributed by atoms with Crippen molar-refractivity contribution in [2.75, 3.05) is 13.7 Å². The Hall–Kier alpha value is -3.67. The first-order valence-electron chi connectivity index (χ1n) is 16.6. The van der Waals surface area contributed by atoms with Crippen LogP contribution in [0, 0.1) is 17.3 Å². The Kier molecular flexibility index (Phi) is 9.25. The van der Waals surface area contributed by atoms with Gasteiger partial charge in [0, 0.05) is 30.4 Å². The van der Waals surface area contributed by atoms with E-state index in [-0.39, 0.29) is 35.5 Å². The van der Waals surface area contributed by atoms with E-state index in [4.69, 9.17) is 13.9 Å². The smallest absolute Gasteiger partial charge is 0.469 e. The number of nitrogens with zero attached hydrogens (tertiary/aromatic N) is 2. The molecule has 0 unspecified atom stereocenters. The first-order chi connectivity index (χ1) is 22.7. The van der Waals surface area contributed by atoms with Crippen LogP contribution in [0.15, 0.2) is 47.6 Å². The number of alkyl halides is 3. The van der Waals surface area contributed by atoms with E-state index in [1.807, 2.05) is 49.2 Å². The number of allylic oxidation sites excluding steroid dienone is 1. The first-order valence-corrected chi connectivity index (χ1v) is 18.0. The maximum Gasteiger partial charge on any atom is 0.534 e. The minimum absolute atomic E-state index is 0.0165. The van der Waals surface area contributed by atoms with Gasteiger partial charge in [0.1, 0.15) is 5.75 Å². The van der Waals surface area contributed by atoms with Crippen molar-refractivity contribution in [2.24, 2.45) is 22.2 Å². The summed E-state index contributed by atoms with van der Waals surface area (Å²) >= 11 is 0. The maximum absolute atomic E-state index is 13.6. The van der Waals surface area contributed by atoms with Crippen LogP contribution in [0.3, 0.4) is 0 Å². The lowest BCUT2D eigenvalue weighted by molar-refractivity contribution is -0.148.